The lowest BCUT2D eigenvalue weighted by atomic mass is 9.97. The highest BCUT2D eigenvalue weighted by Crippen LogP contribution is 2.39. The van der Waals surface area contributed by atoms with E-state index in [-0.39, 0.29) is 5.75 Å². The molecular weight excluding hydrogens is 482 g/mol. The Balaban J connectivity index is 1.52. The number of fused-ring (bicyclic) bond motifs is 4. The molecule has 6 rings (SSSR count). The summed E-state index contributed by atoms with van der Waals surface area (Å²) in [7, 11) is 0. The fraction of sp³-hybridized carbons (Fsp3) is 0.235. The van der Waals surface area contributed by atoms with Crippen LogP contribution in [0, 0.1) is 0 Å². The number of pyridine rings is 2. The molecule has 3 heterocycles. The molecule has 0 aliphatic carbocycles. The van der Waals surface area contributed by atoms with E-state index in [1.807, 2.05) is 30.5 Å². The number of rotatable bonds is 6. The topological polar surface area (TPSA) is 60.2 Å². The summed E-state index contributed by atoms with van der Waals surface area (Å²) in [6, 6.07) is 24.4. The predicted molar refractivity (Wildman–Crippen MR) is 160 cm³/mol. The number of aromatic nitrogens is 3. The minimum absolute atomic E-state index is 0.151. The van der Waals surface area contributed by atoms with Gasteiger partial charge in [0.25, 0.3) is 0 Å². The standard InChI is InChI=1S/C34H33N3O2/c1-6-22-10-16-31(35-19-22)37-28-9-7-8-25(21(4)5)33(28)27-12-11-23(18-29(27)37)39-32-17-14-26-24(20(2)3)13-15-30(38)34(26)36-32/h7-21,38H,6H2,1-5H3. The highest BCUT2D eigenvalue weighted by Gasteiger charge is 2.18. The van der Waals surface area contributed by atoms with Crippen LogP contribution in [-0.2, 0) is 6.42 Å². The molecule has 3 aromatic carbocycles. The highest BCUT2D eigenvalue weighted by molar-refractivity contribution is 6.11. The van der Waals surface area contributed by atoms with Crippen LogP contribution in [-0.4, -0.2) is 19.6 Å². The van der Waals surface area contributed by atoms with Crippen molar-refractivity contribution in [1.29, 1.82) is 0 Å². The van der Waals surface area contributed by atoms with E-state index < -0.39 is 0 Å². The monoisotopic (exact) mass is 515 g/mol. The number of benzene rings is 3. The fourth-order valence-electron chi connectivity index (χ4n) is 5.51. The Morgan fingerprint density at radius 1 is 0.821 bits per heavy atom. The molecule has 0 aliphatic rings. The number of phenolic OH excluding ortho intramolecular Hbond substituents is 1. The van der Waals surface area contributed by atoms with Gasteiger partial charge in [-0.2, -0.15) is 0 Å². The van der Waals surface area contributed by atoms with Crippen LogP contribution in [0.25, 0.3) is 38.5 Å². The number of phenols is 1. The minimum Gasteiger partial charge on any atom is -0.506 e. The summed E-state index contributed by atoms with van der Waals surface area (Å²) in [4.78, 5) is 9.51. The van der Waals surface area contributed by atoms with Gasteiger partial charge in [0, 0.05) is 34.5 Å². The second kappa shape index (κ2) is 9.73. The van der Waals surface area contributed by atoms with Crippen molar-refractivity contribution in [3.63, 3.8) is 0 Å². The zero-order valence-corrected chi connectivity index (χ0v) is 23.1. The van der Waals surface area contributed by atoms with Gasteiger partial charge in [0.15, 0.2) is 0 Å². The predicted octanol–water partition coefficient (Wildman–Crippen LogP) is 9.03. The number of hydrogen-bond acceptors (Lipinski definition) is 4. The summed E-state index contributed by atoms with van der Waals surface area (Å²) in [6.45, 7) is 10.9. The van der Waals surface area contributed by atoms with Gasteiger partial charge in [0.05, 0.1) is 11.0 Å². The first-order chi connectivity index (χ1) is 18.9. The number of hydrogen-bond donors (Lipinski definition) is 1. The molecule has 39 heavy (non-hydrogen) atoms. The average molecular weight is 516 g/mol. The van der Waals surface area contributed by atoms with Gasteiger partial charge in [0.1, 0.15) is 22.8 Å². The van der Waals surface area contributed by atoms with Gasteiger partial charge in [-0.25, -0.2) is 9.97 Å². The van der Waals surface area contributed by atoms with E-state index in [9.17, 15) is 5.11 Å². The van der Waals surface area contributed by atoms with E-state index in [1.54, 1.807) is 6.07 Å². The lowest BCUT2D eigenvalue weighted by Gasteiger charge is -2.12. The van der Waals surface area contributed by atoms with Gasteiger partial charge in [-0.1, -0.05) is 58.9 Å². The van der Waals surface area contributed by atoms with E-state index in [4.69, 9.17) is 9.72 Å². The van der Waals surface area contributed by atoms with E-state index in [0.29, 0.717) is 29.0 Å². The van der Waals surface area contributed by atoms with E-state index in [1.165, 1.54) is 16.5 Å². The summed E-state index contributed by atoms with van der Waals surface area (Å²) < 4.78 is 8.51. The highest BCUT2D eigenvalue weighted by atomic mass is 16.5. The van der Waals surface area contributed by atoms with Gasteiger partial charge < -0.3 is 9.84 Å². The third kappa shape index (κ3) is 4.28. The molecule has 196 valence electrons. The lowest BCUT2D eigenvalue weighted by Crippen LogP contribution is -1.98. The van der Waals surface area contributed by atoms with Crippen molar-refractivity contribution in [3.05, 3.63) is 95.7 Å². The summed E-state index contributed by atoms with van der Waals surface area (Å²) in [6.07, 6.45) is 2.90. The second-order valence-corrected chi connectivity index (χ2v) is 10.8. The first-order valence-corrected chi connectivity index (χ1v) is 13.7. The molecule has 5 nitrogen and oxygen atoms in total. The van der Waals surface area contributed by atoms with Crippen LogP contribution in [0.4, 0.5) is 0 Å². The Morgan fingerprint density at radius 2 is 1.62 bits per heavy atom. The van der Waals surface area contributed by atoms with E-state index in [0.717, 1.165) is 39.6 Å². The lowest BCUT2D eigenvalue weighted by molar-refractivity contribution is 0.460. The Morgan fingerprint density at radius 3 is 2.33 bits per heavy atom. The molecule has 0 unspecified atom stereocenters. The van der Waals surface area contributed by atoms with E-state index in [2.05, 4.69) is 86.6 Å². The van der Waals surface area contributed by atoms with Gasteiger partial charge in [-0.15, -0.1) is 0 Å². The quantitative estimate of drug-likeness (QED) is 0.240. The molecule has 0 atom stereocenters. The van der Waals surface area contributed by atoms with Crippen LogP contribution in [0.15, 0.2) is 79.0 Å². The summed E-state index contributed by atoms with van der Waals surface area (Å²) in [5, 5.41) is 13.9. The van der Waals surface area contributed by atoms with Crippen molar-refractivity contribution in [2.45, 2.75) is 52.9 Å². The molecule has 0 radical (unpaired) electrons. The number of ether oxygens (including phenoxy) is 1. The van der Waals surface area contributed by atoms with Crippen LogP contribution in [0.2, 0.25) is 0 Å². The van der Waals surface area contributed by atoms with Crippen molar-refractivity contribution in [3.8, 4) is 23.2 Å². The molecule has 0 bridgehead atoms. The van der Waals surface area contributed by atoms with Crippen molar-refractivity contribution in [2.24, 2.45) is 0 Å². The van der Waals surface area contributed by atoms with Gasteiger partial charge in [-0.3, -0.25) is 4.57 Å². The first kappa shape index (κ1) is 24.9. The van der Waals surface area contributed by atoms with Crippen molar-refractivity contribution in [1.82, 2.24) is 14.5 Å². The van der Waals surface area contributed by atoms with E-state index >= 15 is 0 Å². The van der Waals surface area contributed by atoms with Crippen molar-refractivity contribution >= 4 is 32.7 Å². The maximum Gasteiger partial charge on any atom is 0.219 e. The Hall–Kier alpha value is -4.38. The molecule has 0 aliphatic heterocycles. The molecule has 0 fully saturated rings. The largest absolute Gasteiger partial charge is 0.506 e. The molecule has 0 saturated carbocycles. The van der Waals surface area contributed by atoms with Crippen molar-refractivity contribution in [2.75, 3.05) is 0 Å². The normalized spacial score (nSPS) is 11.9. The molecule has 1 N–H and O–H groups in total. The SMILES string of the molecule is CCc1ccc(-n2c3cc(Oc4ccc5c(C(C)C)ccc(O)c5n4)ccc3c3c(C(C)C)cccc32)nc1. The van der Waals surface area contributed by atoms with Crippen molar-refractivity contribution < 1.29 is 9.84 Å². The number of aryl methyl sites for hydroxylation is 1. The van der Waals surface area contributed by atoms with Gasteiger partial charge in [0.2, 0.25) is 5.88 Å². The van der Waals surface area contributed by atoms with Crippen LogP contribution in [0.3, 0.4) is 0 Å². The molecule has 5 heteroatoms. The minimum atomic E-state index is 0.151. The number of nitrogens with zero attached hydrogens (tertiary/aromatic N) is 3. The smallest absolute Gasteiger partial charge is 0.219 e. The maximum atomic E-state index is 10.5. The third-order valence-corrected chi connectivity index (χ3v) is 7.55. The summed E-state index contributed by atoms with van der Waals surface area (Å²) >= 11 is 0. The second-order valence-electron chi connectivity index (χ2n) is 10.8. The number of aromatic hydroxyl groups is 1. The van der Waals surface area contributed by atoms with Gasteiger partial charge in [-0.05, 0) is 71.3 Å². The van der Waals surface area contributed by atoms with Gasteiger partial charge >= 0.3 is 0 Å². The Labute approximate surface area is 228 Å². The third-order valence-electron chi connectivity index (χ3n) is 7.55. The van der Waals surface area contributed by atoms with Crippen LogP contribution < -0.4 is 4.74 Å². The maximum absolute atomic E-state index is 10.5. The summed E-state index contributed by atoms with van der Waals surface area (Å²) in [5.41, 5.74) is 6.37. The molecule has 0 amide bonds. The first-order valence-electron chi connectivity index (χ1n) is 13.7. The molecule has 6 aromatic rings. The van der Waals surface area contributed by atoms with Crippen LogP contribution in [0.1, 0.15) is 63.1 Å². The van der Waals surface area contributed by atoms with Crippen LogP contribution in [0.5, 0.6) is 17.4 Å². The molecule has 3 aromatic heterocycles. The molecular formula is C34H33N3O2. The molecule has 0 saturated heterocycles. The zero-order valence-electron chi connectivity index (χ0n) is 23.1. The fourth-order valence-corrected chi connectivity index (χ4v) is 5.51. The van der Waals surface area contributed by atoms with Crippen LogP contribution >= 0.6 is 0 Å². The average Bonchev–Trinajstić information content (AvgIpc) is 3.27. The zero-order chi connectivity index (χ0) is 27.3. The Kier molecular flexibility index (Phi) is 6.22. The summed E-state index contributed by atoms with van der Waals surface area (Å²) in [5.74, 6) is 2.84. The Bertz CT molecular complexity index is 1830. The molecule has 0 spiro atoms.